The van der Waals surface area contributed by atoms with E-state index in [1.165, 1.54) is 6.20 Å². The topological polar surface area (TPSA) is 75.1 Å². The van der Waals surface area contributed by atoms with Gasteiger partial charge in [-0.1, -0.05) is 23.7 Å². The molecule has 3 aromatic rings. The van der Waals surface area contributed by atoms with Gasteiger partial charge in [0.05, 0.1) is 23.0 Å². The molecule has 34 heavy (non-hydrogen) atoms. The molecule has 1 amide bonds. The third-order valence-corrected chi connectivity index (χ3v) is 6.12. The quantitative estimate of drug-likeness (QED) is 0.532. The fraction of sp³-hybridized carbons (Fsp3) is 0.348. The van der Waals surface area contributed by atoms with E-state index in [0.717, 1.165) is 18.0 Å². The Morgan fingerprint density at radius 3 is 2.44 bits per heavy atom. The number of hydrogen-bond donors (Lipinski definition) is 0. The Kier molecular flexibility index (Phi) is 6.70. The molecule has 1 aliphatic rings. The molecule has 2 atom stereocenters. The molecule has 1 aromatic carbocycles. The summed E-state index contributed by atoms with van der Waals surface area (Å²) in [5, 5.41) is 8.39. The van der Waals surface area contributed by atoms with E-state index in [1.54, 1.807) is 42.0 Å². The van der Waals surface area contributed by atoms with E-state index in [2.05, 4.69) is 20.2 Å². The predicted octanol–water partition coefficient (Wildman–Crippen LogP) is 4.24. The average molecular weight is 491 g/mol. The fourth-order valence-electron chi connectivity index (χ4n) is 4.18. The predicted molar refractivity (Wildman–Crippen MR) is 121 cm³/mol. The zero-order valence-electron chi connectivity index (χ0n) is 18.5. The van der Waals surface area contributed by atoms with Crippen LogP contribution in [0.4, 0.5) is 19.1 Å². The number of carbonyl (C=O) groups excluding carboxylic acids is 1. The summed E-state index contributed by atoms with van der Waals surface area (Å²) in [7, 11) is 1.72. The summed E-state index contributed by atoms with van der Waals surface area (Å²) in [4.78, 5) is 24.4. The molecule has 0 spiro atoms. The third kappa shape index (κ3) is 5.27. The molecule has 7 nitrogen and oxygen atoms in total. The number of benzene rings is 1. The van der Waals surface area contributed by atoms with Crippen molar-refractivity contribution in [2.45, 2.75) is 19.0 Å². The third-order valence-electron chi connectivity index (χ3n) is 5.87. The minimum atomic E-state index is -4.50. The highest BCUT2D eigenvalue weighted by Gasteiger charge is 2.38. The maximum absolute atomic E-state index is 13.2. The molecule has 1 fully saturated rings. The number of amides is 1. The molecule has 0 unspecified atom stereocenters. The summed E-state index contributed by atoms with van der Waals surface area (Å²) in [5.74, 6) is 0.0143. The Labute approximate surface area is 199 Å². The SMILES string of the molecule is Cc1cc(C(=O)N2C[C@H](CN(C)c3ncc(C(F)(F)F)cn3)[C@@H](c3ccc(Cl)cc3)C2)cnn1. The van der Waals surface area contributed by atoms with Gasteiger partial charge < -0.3 is 9.80 Å². The number of carbonyl (C=O) groups is 1. The van der Waals surface area contributed by atoms with Crippen LogP contribution >= 0.6 is 11.6 Å². The first-order valence-corrected chi connectivity index (χ1v) is 10.9. The van der Waals surface area contributed by atoms with Gasteiger partial charge in [0.15, 0.2) is 0 Å². The van der Waals surface area contributed by atoms with Gasteiger partial charge in [-0.05, 0) is 30.7 Å². The summed E-state index contributed by atoms with van der Waals surface area (Å²) in [5.41, 5.74) is 1.23. The molecule has 11 heteroatoms. The molecule has 4 rings (SSSR count). The molecule has 0 aliphatic carbocycles. The molecule has 0 radical (unpaired) electrons. The van der Waals surface area contributed by atoms with E-state index in [1.807, 2.05) is 12.1 Å². The summed E-state index contributed by atoms with van der Waals surface area (Å²) in [6, 6.07) is 9.16. The van der Waals surface area contributed by atoms with Gasteiger partial charge >= 0.3 is 6.18 Å². The highest BCUT2D eigenvalue weighted by Crippen LogP contribution is 2.35. The van der Waals surface area contributed by atoms with Gasteiger partial charge in [0.2, 0.25) is 5.95 Å². The first-order chi connectivity index (χ1) is 16.1. The minimum absolute atomic E-state index is 0.00555. The lowest BCUT2D eigenvalue weighted by molar-refractivity contribution is -0.138. The van der Waals surface area contributed by atoms with Crippen molar-refractivity contribution in [3.05, 3.63) is 76.3 Å². The standard InChI is InChI=1S/C23H22ClF3N6O/c1-14-7-16(8-30-31-14)21(34)33-12-17(20(13-33)15-3-5-19(24)6-4-15)11-32(2)22-28-9-18(10-29-22)23(25,26)27/h3-10,17,20H,11-13H2,1-2H3/t17-,20+/m0/s1. The largest absolute Gasteiger partial charge is 0.419 e. The normalized spacial score (nSPS) is 18.2. The Morgan fingerprint density at radius 2 is 1.82 bits per heavy atom. The second-order valence-corrected chi connectivity index (χ2v) is 8.80. The Morgan fingerprint density at radius 1 is 1.15 bits per heavy atom. The van der Waals surface area contributed by atoms with Crippen molar-refractivity contribution in [2.75, 3.05) is 31.6 Å². The molecule has 2 aromatic heterocycles. The number of nitrogens with zero attached hydrogens (tertiary/aromatic N) is 6. The summed E-state index contributed by atoms with van der Waals surface area (Å²) in [6.07, 6.45) is -1.50. The van der Waals surface area contributed by atoms with Crippen LogP contribution in [-0.4, -0.2) is 57.7 Å². The lowest BCUT2D eigenvalue weighted by atomic mass is 9.88. The van der Waals surface area contributed by atoms with Crippen molar-refractivity contribution in [1.82, 2.24) is 25.1 Å². The van der Waals surface area contributed by atoms with E-state index in [0.29, 0.717) is 35.9 Å². The second-order valence-electron chi connectivity index (χ2n) is 8.36. The maximum atomic E-state index is 13.2. The van der Waals surface area contributed by atoms with Crippen LogP contribution in [-0.2, 0) is 6.18 Å². The van der Waals surface area contributed by atoms with Crippen LogP contribution in [0.1, 0.15) is 33.1 Å². The van der Waals surface area contributed by atoms with Crippen molar-refractivity contribution < 1.29 is 18.0 Å². The van der Waals surface area contributed by atoms with Crippen LogP contribution in [0.3, 0.4) is 0 Å². The van der Waals surface area contributed by atoms with Crippen molar-refractivity contribution in [1.29, 1.82) is 0 Å². The summed E-state index contributed by atoms with van der Waals surface area (Å²) < 4.78 is 38.6. The number of hydrogen-bond acceptors (Lipinski definition) is 6. The highest BCUT2D eigenvalue weighted by atomic mass is 35.5. The number of aryl methyl sites for hydroxylation is 1. The molecule has 178 valence electrons. The van der Waals surface area contributed by atoms with Gasteiger partial charge in [-0.2, -0.15) is 23.4 Å². The van der Waals surface area contributed by atoms with Gasteiger partial charge in [-0.25, -0.2) is 9.97 Å². The van der Waals surface area contributed by atoms with Crippen LogP contribution < -0.4 is 4.90 Å². The first-order valence-electron chi connectivity index (χ1n) is 10.6. The van der Waals surface area contributed by atoms with Crippen LogP contribution in [0.25, 0.3) is 0 Å². The number of anilines is 1. The number of halogens is 4. The zero-order valence-corrected chi connectivity index (χ0v) is 19.3. The molecule has 0 N–H and O–H groups in total. The van der Waals surface area contributed by atoms with E-state index in [9.17, 15) is 18.0 Å². The van der Waals surface area contributed by atoms with Crippen molar-refractivity contribution >= 4 is 23.5 Å². The van der Waals surface area contributed by atoms with E-state index >= 15 is 0 Å². The Hall–Kier alpha value is -3.27. The van der Waals surface area contributed by atoms with Crippen molar-refractivity contribution in [2.24, 2.45) is 5.92 Å². The van der Waals surface area contributed by atoms with Gasteiger partial charge in [-0.15, -0.1) is 0 Å². The van der Waals surface area contributed by atoms with Crippen molar-refractivity contribution in [3.63, 3.8) is 0 Å². The van der Waals surface area contributed by atoms with Gasteiger partial charge in [0, 0.05) is 55.9 Å². The Bertz CT molecular complexity index is 1160. The smallest absolute Gasteiger partial charge is 0.344 e. The molecule has 1 saturated heterocycles. The van der Waals surface area contributed by atoms with Crippen LogP contribution in [0.5, 0.6) is 0 Å². The Balaban J connectivity index is 1.56. The van der Waals surface area contributed by atoms with Gasteiger partial charge in [-0.3, -0.25) is 4.79 Å². The number of rotatable bonds is 5. The minimum Gasteiger partial charge on any atom is -0.344 e. The first kappa shape index (κ1) is 23.9. The number of alkyl halides is 3. The lowest BCUT2D eigenvalue weighted by Crippen LogP contribution is -2.32. The molecule has 3 heterocycles. The van der Waals surface area contributed by atoms with Gasteiger partial charge in [0.25, 0.3) is 5.91 Å². The molecule has 1 aliphatic heterocycles. The molecular weight excluding hydrogens is 469 g/mol. The summed E-state index contributed by atoms with van der Waals surface area (Å²) >= 11 is 6.06. The average Bonchev–Trinajstić information content (AvgIpc) is 3.22. The molecule has 0 bridgehead atoms. The van der Waals surface area contributed by atoms with E-state index < -0.39 is 11.7 Å². The second kappa shape index (κ2) is 9.54. The van der Waals surface area contributed by atoms with Crippen LogP contribution in [0.2, 0.25) is 5.02 Å². The number of aromatic nitrogens is 4. The maximum Gasteiger partial charge on any atom is 0.419 e. The monoisotopic (exact) mass is 490 g/mol. The molecule has 0 saturated carbocycles. The van der Waals surface area contributed by atoms with Crippen molar-refractivity contribution in [3.8, 4) is 0 Å². The van der Waals surface area contributed by atoms with Crippen LogP contribution in [0.15, 0.2) is 48.9 Å². The summed E-state index contributed by atoms with van der Waals surface area (Å²) in [6.45, 7) is 3.15. The van der Waals surface area contributed by atoms with Gasteiger partial charge in [0.1, 0.15) is 0 Å². The molecular formula is C23H22ClF3N6O. The van der Waals surface area contributed by atoms with E-state index in [-0.39, 0.29) is 23.7 Å². The van der Waals surface area contributed by atoms with E-state index in [4.69, 9.17) is 11.6 Å². The zero-order chi connectivity index (χ0) is 24.5. The number of likely N-dealkylation sites (tertiary alicyclic amines) is 1. The lowest BCUT2D eigenvalue weighted by Gasteiger charge is -2.25. The van der Waals surface area contributed by atoms with Crippen LogP contribution in [0, 0.1) is 12.8 Å². The highest BCUT2D eigenvalue weighted by molar-refractivity contribution is 6.30. The fourth-order valence-corrected chi connectivity index (χ4v) is 4.31.